The molecular formula is C14H19ClN2O4. The summed E-state index contributed by atoms with van der Waals surface area (Å²) in [5.74, 6) is -0.822. The molecule has 6 nitrogen and oxygen atoms in total. The van der Waals surface area contributed by atoms with Crippen LogP contribution in [0.3, 0.4) is 0 Å². The fraction of sp³-hybridized carbons (Fsp3) is 0.429. The number of hydrogen-bond donors (Lipinski definition) is 3. The summed E-state index contributed by atoms with van der Waals surface area (Å²) in [5.41, 5.74) is 0.371. The third kappa shape index (κ3) is 4.82. The highest BCUT2D eigenvalue weighted by atomic mass is 35.5. The Balaban J connectivity index is 2.81. The van der Waals surface area contributed by atoms with Crippen molar-refractivity contribution in [1.29, 1.82) is 0 Å². The number of halogens is 1. The largest absolute Gasteiger partial charge is 0.495 e. The Kier molecular flexibility index (Phi) is 6.30. The lowest BCUT2D eigenvalue weighted by Gasteiger charge is -2.20. The molecule has 0 heterocycles. The second-order valence-electron chi connectivity index (χ2n) is 4.64. The summed E-state index contributed by atoms with van der Waals surface area (Å²) in [6.45, 7) is 3.62. The lowest BCUT2D eigenvalue weighted by molar-refractivity contribution is -0.140. The minimum atomic E-state index is -1.07. The molecule has 2 amide bonds. The molecule has 0 radical (unpaired) electrons. The monoisotopic (exact) mass is 314 g/mol. The number of carboxylic acid groups (broad SMARTS) is 1. The highest BCUT2D eigenvalue weighted by Crippen LogP contribution is 2.27. The van der Waals surface area contributed by atoms with Crippen LogP contribution in [0, 0.1) is 5.92 Å². The van der Waals surface area contributed by atoms with Gasteiger partial charge < -0.3 is 20.5 Å². The maximum atomic E-state index is 11.9. The Morgan fingerprint density at radius 3 is 2.62 bits per heavy atom. The van der Waals surface area contributed by atoms with Crippen LogP contribution in [0.2, 0.25) is 5.02 Å². The van der Waals surface area contributed by atoms with Crippen LogP contribution >= 0.6 is 11.6 Å². The molecule has 1 aromatic carbocycles. The zero-order chi connectivity index (χ0) is 16.0. The minimum Gasteiger partial charge on any atom is -0.495 e. The molecule has 0 saturated carbocycles. The highest BCUT2D eigenvalue weighted by Gasteiger charge is 2.25. The zero-order valence-corrected chi connectivity index (χ0v) is 12.9. The number of carbonyl (C=O) groups excluding carboxylic acids is 1. The Labute approximate surface area is 128 Å². The molecule has 0 aliphatic carbocycles. The summed E-state index contributed by atoms with van der Waals surface area (Å²) in [7, 11) is 1.46. The number of nitrogens with one attached hydrogen (secondary N) is 2. The van der Waals surface area contributed by atoms with Gasteiger partial charge in [0.25, 0.3) is 0 Å². The van der Waals surface area contributed by atoms with Crippen LogP contribution < -0.4 is 15.4 Å². The topological polar surface area (TPSA) is 87.7 Å². The van der Waals surface area contributed by atoms with E-state index in [4.69, 9.17) is 21.4 Å². The van der Waals surface area contributed by atoms with E-state index in [1.807, 2.05) is 6.92 Å². The molecule has 1 rings (SSSR count). The fourth-order valence-electron chi connectivity index (χ4n) is 1.76. The second-order valence-corrected chi connectivity index (χ2v) is 5.08. The number of hydrogen-bond acceptors (Lipinski definition) is 3. The van der Waals surface area contributed by atoms with E-state index in [0.717, 1.165) is 0 Å². The van der Waals surface area contributed by atoms with E-state index in [1.165, 1.54) is 13.2 Å². The van der Waals surface area contributed by atoms with Gasteiger partial charge in [0.15, 0.2) is 0 Å². The molecule has 21 heavy (non-hydrogen) atoms. The first-order chi connectivity index (χ1) is 9.88. The minimum absolute atomic E-state index is 0.186. The van der Waals surface area contributed by atoms with Crippen LogP contribution in [0.1, 0.15) is 20.3 Å². The van der Waals surface area contributed by atoms with Crippen LogP contribution in [-0.4, -0.2) is 30.3 Å². The highest BCUT2D eigenvalue weighted by molar-refractivity contribution is 6.31. The van der Waals surface area contributed by atoms with Crippen molar-refractivity contribution in [2.24, 2.45) is 5.92 Å². The first kappa shape index (κ1) is 17.1. The van der Waals surface area contributed by atoms with Gasteiger partial charge in [-0.3, -0.25) is 0 Å². The summed E-state index contributed by atoms with van der Waals surface area (Å²) in [5, 5.41) is 14.6. The fourth-order valence-corrected chi connectivity index (χ4v) is 1.93. The van der Waals surface area contributed by atoms with Gasteiger partial charge in [0.1, 0.15) is 11.8 Å². The van der Waals surface area contributed by atoms with Gasteiger partial charge in [-0.1, -0.05) is 31.9 Å². The number of anilines is 1. The number of aliphatic carboxylic acids is 1. The summed E-state index contributed by atoms with van der Waals surface area (Å²) in [6, 6.07) is 3.19. The van der Waals surface area contributed by atoms with Gasteiger partial charge in [-0.15, -0.1) is 0 Å². The van der Waals surface area contributed by atoms with Gasteiger partial charge in [-0.05, 0) is 24.1 Å². The van der Waals surface area contributed by atoms with Crippen molar-refractivity contribution in [2.75, 3.05) is 12.4 Å². The van der Waals surface area contributed by atoms with Gasteiger partial charge >= 0.3 is 12.0 Å². The van der Waals surface area contributed by atoms with Crippen molar-refractivity contribution >= 4 is 29.3 Å². The third-order valence-corrected chi connectivity index (χ3v) is 3.41. The number of urea groups is 1. The molecular weight excluding hydrogens is 296 g/mol. The van der Waals surface area contributed by atoms with E-state index in [9.17, 15) is 9.59 Å². The second kappa shape index (κ2) is 7.73. The molecule has 116 valence electrons. The number of carbonyl (C=O) groups is 2. The molecule has 1 aromatic rings. The zero-order valence-electron chi connectivity index (χ0n) is 12.1. The number of rotatable bonds is 6. The molecule has 0 aromatic heterocycles. The normalized spacial score (nSPS) is 13.1. The number of methoxy groups -OCH3 is 1. The molecule has 2 atom stereocenters. The van der Waals surface area contributed by atoms with E-state index in [1.54, 1.807) is 19.1 Å². The smallest absolute Gasteiger partial charge is 0.326 e. The van der Waals surface area contributed by atoms with E-state index in [-0.39, 0.29) is 5.92 Å². The van der Waals surface area contributed by atoms with Crippen molar-refractivity contribution in [3.8, 4) is 5.75 Å². The van der Waals surface area contributed by atoms with Gasteiger partial charge in [-0.2, -0.15) is 0 Å². The van der Waals surface area contributed by atoms with Crippen LogP contribution in [0.25, 0.3) is 0 Å². The first-order valence-corrected chi connectivity index (χ1v) is 6.90. The predicted molar refractivity (Wildman–Crippen MR) is 81.0 cm³/mol. The van der Waals surface area contributed by atoms with E-state index < -0.39 is 18.0 Å². The summed E-state index contributed by atoms with van der Waals surface area (Å²) >= 11 is 5.86. The van der Waals surface area contributed by atoms with E-state index in [0.29, 0.717) is 22.9 Å². The van der Waals surface area contributed by atoms with E-state index in [2.05, 4.69) is 10.6 Å². The van der Waals surface area contributed by atoms with Crippen molar-refractivity contribution in [2.45, 2.75) is 26.3 Å². The van der Waals surface area contributed by atoms with Crippen LogP contribution in [0.4, 0.5) is 10.5 Å². The van der Waals surface area contributed by atoms with Gasteiger partial charge in [0, 0.05) is 5.02 Å². The third-order valence-electron chi connectivity index (χ3n) is 3.18. The molecule has 0 fully saturated rings. The Hall–Kier alpha value is -1.95. The summed E-state index contributed by atoms with van der Waals surface area (Å²) in [4.78, 5) is 23.1. The number of benzene rings is 1. The number of carboxylic acids is 1. The van der Waals surface area contributed by atoms with Crippen LogP contribution in [0.15, 0.2) is 18.2 Å². The Bertz CT molecular complexity index is 522. The van der Waals surface area contributed by atoms with Crippen molar-refractivity contribution in [3.63, 3.8) is 0 Å². The molecule has 0 bridgehead atoms. The van der Waals surface area contributed by atoms with E-state index >= 15 is 0 Å². The maximum absolute atomic E-state index is 11.9. The molecule has 0 saturated heterocycles. The average molecular weight is 315 g/mol. The molecule has 7 heteroatoms. The van der Waals surface area contributed by atoms with Crippen molar-refractivity contribution in [3.05, 3.63) is 23.2 Å². The predicted octanol–water partition coefficient (Wildman–Crippen LogP) is 2.97. The van der Waals surface area contributed by atoms with Gasteiger partial charge in [0.05, 0.1) is 12.8 Å². The first-order valence-electron chi connectivity index (χ1n) is 6.52. The van der Waals surface area contributed by atoms with Crippen LogP contribution in [0.5, 0.6) is 5.75 Å². The van der Waals surface area contributed by atoms with Gasteiger partial charge in [-0.25, -0.2) is 9.59 Å². The number of amides is 2. The maximum Gasteiger partial charge on any atom is 0.326 e. The van der Waals surface area contributed by atoms with Crippen molar-refractivity contribution in [1.82, 2.24) is 5.32 Å². The SMILES string of the molecule is CC[C@H](C)[C@H](NC(=O)Nc1cc(Cl)ccc1OC)C(=O)O. The lowest BCUT2D eigenvalue weighted by atomic mass is 9.99. The average Bonchev–Trinajstić information content (AvgIpc) is 2.44. The standard InChI is InChI=1S/C14H19ClN2O4/c1-4-8(2)12(13(18)19)17-14(20)16-10-7-9(15)5-6-11(10)21-3/h5-8,12H,4H2,1-3H3,(H,18,19)(H2,16,17,20)/t8-,12-/m0/s1. The summed E-state index contributed by atoms with van der Waals surface area (Å²) in [6.07, 6.45) is 0.637. The van der Waals surface area contributed by atoms with Crippen molar-refractivity contribution < 1.29 is 19.4 Å². The number of ether oxygens (including phenoxy) is 1. The lowest BCUT2D eigenvalue weighted by Crippen LogP contribution is -2.46. The molecule has 0 unspecified atom stereocenters. The Morgan fingerprint density at radius 2 is 2.10 bits per heavy atom. The molecule has 0 spiro atoms. The van der Waals surface area contributed by atoms with Gasteiger partial charge in [0.2, 0.25) is 0 Å². The van der Waals surface area contributed by atoms with Crippen LogP contribution in [-0.2, 0) is 4.79 Å². The molecule has 3 N–H and O–H groups in total. The summed E-state index contributed by atoms with van der Waals surface area (Å²) < 4.78 is 5.10. The molecule has 0 aliphatic heterocycles. The molecule has 0 aliphatic rings. The Morgan fingerprint density at radius 1 is 1.43 bits per heavy atom. The quantitative estimate of drug-likeness (QED) is 0.753.